The molecular weight excluding hydrogens is 368 g/mol. The maximum Gasteiger partial charge on any atom is 0.334 e. The first kappa shape index (κ1) is 18.2. The average Bonchev–Trinajstić information content (AvgIpc) is 3.09. The molecule has 1 aliphatic heterocycles. The molecule has 3 rings (SSSR count). The normalized spacial score (nSPS) is 17.1. The molecule has 0 fully saturated rings. The Morgan fingerprint density at radius 1 is 1.38 bits per heavy atom. The lowest BCUT2D eigenvalue weighted by atomic mass is 9.80. The molecule has 26 heavy (non-hydrogen) atoms. The van der Waals surface area contributed by atoms with Gasteiger partial charge in [-0.15, -0.1) is 0 Å². The molecule has 0 amide bonds. The van der Waals surface area contributed by atoms with Crippen molar-refractivity contribution in [3.8, 4) is 6.07 Å². The van der Waals surface area contributed by atoms with E-state index >= 15 is 0 Å². The number of aromatic nitrogens is 2. The number of aliphatic carboxylic acids is 1. The Morgan fingerprint density at radius 2 is 2.15 bits per heavy atom. The van der Waals surface area contributed by atoms with Crippen molar-refractivity contribution in [2.24, 2.45) is 0 Å². The maximum atomic E-state index is 12.0. The van der Waals surface area contributed by atoms with Crippen molar-refractivity contribution in [1.29, 1.82) is 5.26 Å². The number of hydrogen-bond acceptors (Lipinski definition) is 7. The van der Waals surface area contributed by atoms with E-state index in [1.54, 1.807) is 25.1 Å². The van der Waals surface area contributed by atoms with Crippen LogP contribution >= 0.6 is 23.3 Å². The van der Waals surface area contributed by atoms with Gasteiger partial charge >= 0.3 is 5.97 Å². The van der Waals surface area contributed by atoms with Crippen molar-refractivity contribution < 1.29 is 9.90 Å². The van der Waals surface area contributed by atoms with Gasteiger partial charge in [-0.05, 0) is 49.3 Å². The topological polar surface area (TPSA) is 98.9 Å². The van der Waals surface area contributed by atoms with Gasteiger partial charge in [0, 0.05) is 22.9 Å². The Hall–Kier alpha value is -2.63. The molecule has 1 atom stereocenters. The number of hydrogen-bond donors (Lipinski definition) is 2. The summed E-state index contributed by atoms with van der Waals surface area (Å²) < 4.78 is 4.31. The molecule has 132 valence electrons. The summed E-state index contributed by atoms with van der Waals surface area (Å²) in [4.78, 5) is 16.6. The largest absolute Gasteiger partial charge is 0.478 e. The zero-order valence-electron chi connectivity index (χ0n) is 14.4. The highest BCUT2D eigenvalue weighted by molar-refractivity contribution is 7.98. The van der Waals surface area contributed by atoms with Crippen LogP contribution in [0.2, 0.25) is 0 Å². The number of carboxylic acid groups (broad SMARTS) is 1. The summed E-state index contributed by atoms with van der Waals surface area (Å²) in [6.45, 7) is 3.65. The number of benzene rings is 1. The van der Waals surface area contributed by atoms with Crippen LogP contribution in [-0.2, 0) is 4.79 Å². The average molecular weight is 384 g/mol. The third kappa shape index (κ3) is 3.23. The summed E-state index contributed by atoms with van der Waals surface area (Å²) in [5.74, 6) is -1.52. The van der Waals surface area contributed by atoms with E-state index in [-0.39, 0.29) is 5.57 Å². The van der Waals surface area contributed by atoms with Gasteiger partial charge in [-0.2, -0.15) is 9.64 Å². The van der Waals surface area contributed by atoms with Crippen LogP contribution in [0.1, 0.15) is 35.9 Å². The lowest BCUT2D eigenvalue weighted by Crippen LogP contribution is -2.27. The van der Waals surface area contributed by atoms with Crippen molar-refractivity contribution in [1.82, 2.24) is 14.7 Å². The van der Waals surface area contributed by atoms with E-state index in [4.69, 9.17) is 0 Å². The molecule has 0 saturated heterocycles. The van der Waals surface area contributed by atoms with E-state index in [0.717, 1.165) is 16.8 Å². The van der Waals surface area contributed by atoms with Gasteiger partial charge in [0.15, 0.2) is 5.16 Å². The first-order chi connectivity index (χ1) is 12.5. The number of allylic oxidation sites excluding steroid dienone is 3. The van der Waals surface area contributed by atoms with Crippen LogP contribution in [0.25, 0.3) is 5.57 Å². The highest BCUT2D eigenvalue weighted by Crippen LogP contribution is 2.44. The molecule has 0 radical (unpaired) electrons. The quantitative estimate of drug-likeness (QED) is 0.777. The number of dihydropyridines is 1. The van der Waals surface area contributed by atoms with Gasteiger partial charge in [0.1, 0.15) is 5.01 Å². The van der Waals surface area contributed by atoms with Crippen LogP contribution in [0.4, 0.5) is 0 Å². The van der Waals surface area contributed by atoms with E-state index in [1.807, 2.05) is 19.2 Å². The van der Waals surface area contributed by atoms with Gasteiger partial charge in [-0.3, -0.25) is 0 Å². The number of nitriles is 1. The van der Waals surface area contributed by atoms with Crippen LogP contribution in [0.15, 0.2) is 46.4 Å². The number of nitrogens with one attached hydrogen (secondary N) is 1. The minimum atomic E-state index is -0.998. The Labute approximate surface area is 159 Å². The fourth-order valence-electron chi connectivity index (χ4n) is 3.08. The molecule has 0 aliphatic carbocycles. The van der Waals surface area contributed by atoms with Crippen molar-refractivity contribution in [3.63, 3.8) is 0 Å². The third-order valence-electron chi connectivity index (χ3n) is 4.16. The standard InChI is InChI=1S/C18H16N4O2S2/c1-9-13(16-21-18(25-3)22-26-16)15(14(17(23)24)10(2)20-9)12-6-4-5-11(7-12)8-19/h4-7,15,20H,1-3H3,(H,23,24). The van der Waals surface area contributed by atoms with E-state index in [0.29, 0.717) is 21.4 Å². The molecule has 0 spiro atoms. The van der Waals surface area contributed by atoms with Gasteiger partial charge in [0.2, 0.25) is 0 Å². The van der Waals surface area contributed by atoms with Gasteiger partial charge in [0.25, 0.3) is 0 Å². The number of rotatable bonds is 4. The summed E-state index contributed by atoms with van der Waals surface area (Å²) in [6, 6.07) is 9.17. The first-order valence-corrected chi connectivity index (χ1v) is 9.76. The van der Waals surface area contributed by atoms with Gasteiger partial charge in [-0.1, -0.05) is 23.9 Å². The Balaban J connectivity index is 2.24. The zero-order valence-corrected chi connectivity index (χ0v) is 16.0. The second-order valence-corrected chi connectivity index (χ2v) is 7.29. The monoisotopic (exact) mass is 384 g/mol. The smallest absolute Gasteiger partial charge is 0.334 e. The zero-order chi connectivity index (χ0) is 18.8. The Bertz CT molecular complexity index is 985. The predicted octanol–water partition coefficient (Wildman–Crippen LogP) is 3.61. The summed E-state index contributed by atoms with van der Waals surface area (Å²) in [6.07, 6.45) is 1.90. The summed E-state index contributed by atoms with van der Waals surface area (Å²) in [7, 11) is 0. The van der Waals surface area contributed by atoms with Crippen molar-refractivity contribution in [3.05, 3.63) is 57.4 Å². The number of nitrogens with zero attached hydrogens (tertiary/aromatic N) is 3. The molecule has 6 nitrogen and oxygen atoms in total. The summed E-state index contributed by atoms with van der Waals surface area (Å²) >= 11 is 2.69. The van der Waals surface area contributed by atoms with Crippen molar-refractivity contribution in [2.75, 3.05) is 6.26 Å². The molecule has 2 N–H and O–H groups in total. The van der Waals surface area contributed by atoms with Crippen LogP contribution in [0.3, 0.4) is 0 Å². The van der Waals surface area contributed by atoms with Crippen molar-refractivity contribution >= 4 is 34.8 Å². The molecule has 2 heterocycles. The van der Waals surface area contributed by atoms with E-state index in [1.165, 1.54) is 23.3 Å². The Morgan fingerprint density at radius 3 is 2.77 bits per heavy atom. The lowest BCUT2D eigenvalue weighted by Gasteiger charge is -2.29. The fourth-order valence-corrected chi connectivity index (χ4v) is 4.44. The van der Waals surface area contributed by atoms with E-state index in [9.17, 15) is 15.2 Å². The third-order valence-corrected chi connectivity index (χ3v) is 5.57. The first-order valence-electron chi connectivity index (χ1n) is 7.76. The minimum absolute atomic E-state index is 0.251. The van der Waals surface area contributed by atoms with Crippen LogP contribution in [0.5, 0.6) is 0 Å². The van der Waals surface area contributed by atoms with Crippen molar-refractivity contribution in [2.45, 2.75) is 24.9 Å². The number of carbonyl (C=O) groups is 1. The Kier molecular flexibility index (Phi) is 5.11. The second kappa shape index (κ2) is 7.32. The molecular formula is C18H16N4O2S2. The highest BCUT2D eigenvalue weighted by atomic mass is 32.2. The fraction of sp³-hybridized carbons (Fsp3) is 0.222. The molecule has 1 unspecified atom stereocenters. The van der Waals surface area contributed by atoms with Crippen LogP contribution in [-0.4, -0.2) is 26.7 Å². The SMILES string of the molecule is CSc1nsc(C2=C(C)NC(C)=C(C(=O)O)C2c2cccc(C#N)c2)n1. The van der Waals surface area contributed by atoms with Gasteiger partial charge in [-0.25, -0.2) is 9.78 Å². The highest BCUT2D eigenvalue weighted by Gasteiger charge is 2.35. The molecule has 1 aromatic heterocycles. The molecule has 0 bridgehead atoms. The van der Waals surface area contributed by atoms with Crippen LogP contribution in [0, 0.1) is 11.3 Å². The number of thioether (sulfide) groups is 1. The summed E-state index contributed by atoms with van der Waals surface area (Å²) in [5, 5.41) is 23.6. The minimum Gasteiger partial charge on any atom is -0.478 e. The van der Waals surface area contributed by atoms with Gasteiger partial charge < -0.3 is 10.4 Å². The molecule has 0 saturated carbocycles. The summed E-state index contributed by atoms with van der Waals surface area (Å²) in [5.41, 5.74) is 3.69. The lowest BCUT2D eigenvalue weighted by molar-refractivity contribution is -0.132. The molecule has 2 aromatic rings. The molecule has 1 aliphatic rings. The van der Waals surface area contributed by atoms with Crippen LogP contribution < -0.4 is 5.32 Å². The number of carboxylic acids is 1. The second-order valence-electron chi connectivity index (χ2n) is 5.76. The van der Waals surface area contributed by atoms with E-state index < -0.39 is 11.9 Å². The predicted molar refractivity (Wildman–Crippen MR) is 102 cm³/mol. The van der Waals surface area contributed by atoms with Gasteiger partial charge in [0.05, 0.1) is 17.2 Å². The van der Waals surface area contributed by atoms with E-state index in [2.05, 4.69) is 20.7 Å². The molecule has 1 aromatic carbocycles. The maximum absolute atomic E-state index is 12.0. The molecule has 8 heteroatoms.